The highest BCUT2D eigenvalue weighted by Crippen LogP contribution is 2.54. The average molecular weight is 362 g/mol. The molecule has 1 aliphatic heterocycles. The highest BCUT2D eigenvalue weighted by Gasteiger charge is 2.55. The van der Waals surface area contributed by atoms with Crippen LogP contribution in [0.4, 0.5) is 0 Å². The van der Waals surface area contributed by atoms with Crippen molar-refractivity contribution >= 4 is 11.6 Å². The van der Waals surface area contributed by atoms with Crippen LogP contribution in [0, 0.1) is 17.3 Å². The fraction of sp³-hybridized carbons (Fsp3) is 0.304. The lowest BCUT2D eigenvalue weighted by atomic mass is 9.53. The van der Waals surface area contributed by atoms with E-state index in [1.54, 1.807) is 37.5 Å². The van der Waals surface area contributed by atoms with Crippen molar-refractivity contribution in [2.75, 3.05) is 0 Å². The topological polar surface area (TPSA) is 63.6 Å². The molecule has 0 fully saturated rings. The Morgan fingerprint density at radius 2 is 2.11 bits per heavy atom. The Morgan fingerprint density at radius 3 is 2.85 bits per heavy atom. The van der Waals surface area contributed by atoms with Crippen molar-refractivity contribution < 1.29 is 19.4 Å². The van der Waals surface area contributed by atoms with Crippen LogP contribution in [0.2, 0.25) is 0 Å². The Balaban J connectivity index is 1.82. The zero-order valence-corrected chi connectivity index (χ0v) is 15.5. The zero-order valence-electron chi connectivity index (χ0n) is 15.5. The van der Waals surface area contributed by atoms with E-state index in [2.05, 4.69) is 6.58 Å². The van der Waals surface area contributed by atoms with Gasteiger partial charge in [-0.15, -0.1) is 0 Å². The molecule has 27 heavy (non-hydrogen) atoms. The monoisotopic (exact) mass is 362 g/mol. The summed E-state index contributed by atoms with van der Waals surface area (Å²) in [6.45, 7) is 7.53. The van der Waals surface area contributed by atoms with Crippen molar-refractivity contribution in [3.8, 4) is 11.5 Å². The van der Waals surface area contributed by atoms with Crippen LogP contribution in [-0.4, -0.2) is 16.7 Å². The van der Waals surface area contributed by atoms with Crippen LogP contribution in [0.25, 0.3) is 0 Å². The first-order valence-electron chi connectivity index (χ1n) is 9.13. The van der Waals surface area contributed by atoms with Gasteiger partial charge < -0.3 is 9.84 Å². The SMILES string of the molecule is C=CC1=CC[C@H]2C(=O)C(C)=CC(=O)[C@@]2(C)[C@H]1C1=COc2ccc(O)cc2C1. The summed E-state index contributed by atoms with van der Waals surface area (Å²) in [7, 11) is 0. The molecule has 0 saturated heterocycles. The lowest BCUT2D eigenvalue weighted by molar-refractivity contribution is -0.138. The van der Waals surface area contributed by atoms with Crippen LogP contribution in [0.5, 0.6) is 11.5 Å². The molecule has 4 heteroatoms. The summed E-state index contributed by atoms with van der Waals surface area (Å²) in [4.78, 5) is 25.9. The first-order chi connectivity index (χ1) is 12.9. The van der Waals surface area contributed by atoms with E-state index in [9.17, 15) is 14.7 Å². The molecular weight excluding hydrogens is 340 g/mol. The molecule has 0 aromatic heterocycles. The van der Waals surface area contributed by atoms with Crippen molar-refractivity contribution in [1.29, 1.82) is 0 Å². The standard InChI is InChI=1S/C23H22O4/c1-4-14-5-7-18-22(26)13(2)9-20(25)23(18,3)21(14)16-10-15-11-17(24)6-8-19(15)27-12-16/h4-6,8-9,11-12,18,21,24H,1,7,10H2,2-3H3/t18-,21+,23-/m0/s1. The van der Waals surface area contributed by atoms with Crippen LogP contribution in [0.1, 0.15) is 25.8 Å². The summed E-state index contributed by atoms with van der Waals surface area (Å²) >= 11 is 0. The lowest BCUT2D eigenvalue weighted by Crippen LogP contribution is -2.51. The van der Waals surface area contributed by atoms with Crippen LogP contribution < -0.4 is 4.74 Å². The number of ether oxygens (including phenoxy) is 1. The van der Waals surface area contributed by atoms with Crippen molar-refractivity contribution in [1.82, 2.24) is 0 Å². The Morgan fingerprint density at radius 1 is 1.33 bits per heavy atom. The molecule has 1 heterocycles. The predicted octanol–water partition coefficient (Wildman–Crippen LogP) is 4.06. The fourth-order valence-corrected chi connectivity index (χ4v) is 4.75. The van der Waals surface area contributed by atoms with E-state index in [1.807, 2.05) is 13.0 Å². The number of fused-ring (bicyclic) bond motifs is 2. The summed E-state index contributed by atoms with van der Waals surface area (Å²) in [5.74, 6) is 0.218. The number of benzene rings is 1. The molecule has 138 valence electrons. The molecule has 3 aliphatic rings. The lowest BCUT2D eigenvalue weighted by Gasteiger charge is -2.48. The van der Waals surface area contributed by atoms with E-state index in [0.29, 0.717) is 24.2 Å². The van der Waals surface area contributed by atoms with E-state index >= 15 is 0 Å². The van der Waals surface area contributed by atoms with Crippen molar-refractivity contribution in [2.45, 2.75) is 26.7 Å². The number of carbonyl (C=O) groups is 2. The number of rotatable bonds is 2. The van der Waals surface area contributed by atoms with Gasteiger partial charge in [0.2, 0.25) is 0 Å². The number of allylic oxidation sites excluding steroid dienone is 6. The van der Waals surface area contributed by atoms with Gasteiger partial charge in [-0.25, -0.2) is 0 Å². The van der Waals surface area contributed by atoms with E-state index < -0.39 is 5.41 Å². The first kappa shape index (κ1) is 17.5. The van der Waals surface area contributed by atoms with Gasteiger partial charge in [0.1, 0.15) is 11.5 Å². The molecule has 0 bridgehead atoms. The van der Waals surface area contributed by atoms with Crippen LogP contribution in [-0.2, 0) is 16.0 Å². The second-order valence-corrected chi connectivity index (χ2v) is 7.75. The third-order valence-electron chi connectivity index (χ3n) is 6.21. The van der Waals surface area contributed by atoms with Gasteiger partial charge in [-0.2, -0.15) is 0 Å². The van der Waals surface area contributed by atoms with Crippen LogP contribution in [0.15, 0.2) is 66.0 Å². The molecule has 3 atom stereocenters. The molecule has 2 aliphatic carbocycles. The van der Waals surface area contributed by atoms with Crippen molar-refractivity contribution in [3.05, 3.63) is 71.6 Å². The molecule has 0 saturated carbocycles. The number of carbonyl (C=O) groups excluding carboxylic acids is 2. The fourth-order valence-electron chi connectivity index (χ4n) is 4.75. The third-order valence-corrected chi connectivity index (χ3v) is 6.21. The highest BCUT2D eigenvalue weighted by atomic mass is 16.5. The Hall–Kier alpha value is -2.88. The maximum Gasteiger partial charge on any atom is 0.163 e. The minimum atomic E-state index is -0.863. The Labute approximate surface area is 158 Å². The molecule has 1 aromatic rings. The highest BCUT2D eigenvalue weighted by molar-refractivity contribution is 6.12. The quantitative estimate of drug-likeness (QED) is 0.862. The summed E-state index contributed by atoms with van der Waals surface area (Å²) in [6, 6.07) is 5.00. The van der Waals surface area contributed by atoms with E-state index in [0.717, 1.165) is 16.7 Å². The molecule has 1 N–H and O–H groups in total. The van der Waals surface area contributed by atoms with Gasteiger partial charge in [0.25, 0.3) is 0 Å². The van der Waals surface area contributed by atoms with Crippen LogP contribution in [0.3, 0.4) is 0 Å². The number of phenols is 1. The Kier molecular flexibility index (Phi) is 3.95. The summed E-state index contributed by atoms with van der Waals surface area (Å²) in [5, 5.41) is 9.82. The van der Waals surface area contributed by atoms with Crippen molar-refractivity contribution in [3.63, 3.8) is 0 Å². The molecule has 4 nitrogen and oxygen atoms in total. The van der Waals surface area contributed by atoms with Crippen molar-refractivity contribution in [2.24, 2.45) is 17.3 Å². The third kappa shape index (κ3) is 2.51. The molecule has 0 spiro atoms. The van der Waals surface area contributed by atoms with Gasteiger partial charge in [-0.1, -0.05) is 25.7 Å². The van der Waals surface area contributed by atoms with Gasteiger partial charge in [0, 0.05) is 23.8 Å². The minimum absolute atomic E-state index is 0.0235. The number of hydrogen-bond acceptors (Lipinski definition) is 4. The molecule has 1 aromatic carbocycles. The minimum Gasteiger partial charge on any atom is -0.508 e. The molecule has 0 amide bonds. The second kappa shape index (κ2) is 6.08. The molecule has 0 unspecified atom stereocenters. The van der Waals surface area contributed by atoms with Gasteiger partial charge in [0.15, 0.2) is 11.6 Å². The van der Waals surface area contributed by atoms with Gasteiger partial charge in [-0.05, 0) is 54.3 Å². The zero-order chi connectivity index (χ0) is 19.3. The number of ketones is 2. The smallest absolute Gasteiger partial charge is 0.163 e. The predicted molar refractivity (Wildman–Crippen MR) is 102 cm³/mol. The van der Waals surface area contributed by atoms with E-state index in [-0.39, 0.29) is 29.2 Å². The van der Waals surface area contributed by atoms with Gasteiger partial charge in [0.05, 0.1) is 11.7 Å². The van der Waals surface area contributed by atoms with E-state index in [1.165, 1.54) is 6.08 Å². The van der Waals surface area contributed by atoms with Gasteiger partial charge >= 0.3 is 0 Å². The summed E-state index contributed by atoms with van der Waals surface area (Å²) in [5.41, 5.74) is 2.39. The second-order valence-electron chi connectivity index (χ2n) is 7.75. The first-order valence-corrected chi connectivity index (χ1v) is 9.13. The largest absolute Gasteiger partial charge is 0.508 e. The maximum atomic E-state index is 13.1. The summed E-state index contributed by atoms with van der Waals surface area (Å²) < 4.78 is 5.80. The number of hydrogen-bond donors (Lipinski definition) is 1. The number of Topliss-reactive ketones (excluding diaryl/α,β-unsaturated/α-hetero) is 1. The number of aromatic hydroxyl groups is 1. The maximum absolute atomic E-state index is 13.1. The average Bonchev–Trinajstić information content (AvgIpc) is 2.65. The normalized spacial score (nSPS) is 29.6. The Bertz CT molecular complexity index is 963. The van der Waals surface area contributed by atoms with Gasteiger partial charge in [-0.3, -0.25) is 9.59 Å². The summed E-state index contributed by atoms with van der Waals surface area (Å²) in [6.07, 6.45) is 8.06. The van der Waals surface area contributed by atoms with E-state index in [4.69, 9.17) is 4.74 Å². The molecular formula is C23H22O4. The molecule has 0 radical (unpaired) electrons. The molecule has 4 rings (SSSR count). The number of phenolic OH excluding ortho intramolecular Hbond substituents is 1. The van der Waals surface area contributed by atoms with Crippen LogP contribution >= 0.6 is 0 Å².